The molecule has 0 radical (unpaired) electrons. The van der Waals surface area contributed by atoms with Crippen LogP contribution in [0.2, 0.25) is 0 Å². The van der Waals surface area contributed by atoms with E-state index < -0.39 is 41.4 Å². The summed E-state index contributed by atoms with van der Waals surface area (Å²) in [6, 6.07) is 8.11. The van der Waals surface area contributed by atoms with E-state index in [4.69, 9.17) is 72.3 Å². The molecule has 0 aliphatic heterocycles. The lowest BCUT2D eigenvalue weighted by atomic mass is 10.1. The summed E-state index contributed by atoms with van der Waals surface area (Å²) >= 11 is 0. The Balaban J connectivity index is 0.816. The summed E-state index contributed by atoms with van der Waals surface area (Å²) in [6.07, 6.45) is 2.56. The number of aryl methyl sites for hydroxylation is 1. The third kappa shape index (κ3) is 28.0. The standard InChI is InChI=1S/C54H80F4N6O16/c1-4-5-6-45-61-50-51(54(79-40(2)3)63-62-53(50)59)64(45)39-42-9-7-41(8-10-42)38-60-46(65)11-13-67-15-17-69-19-21-71-23-25-73-27-29-75-31-33-77-35-36-78-34-32-76-30-28-74-26-24-72-22-20-70-18-16-68-14-12-47(66)80-52-48(57)43(55)37-44(56)49(52)58/h7-10,37,40H,4-6,11-36,38-39H2,1-3H3,(H2,59,62)(H,60,65). The van der Waals surface area contributed by atoms with Crippen LogP contribution in [-0.4, -0.2) is 196 Å². The fourth-order valence-corrected chi connectivity index (χ4v) is 6.97. The summed E-state index contributed by atoms with van der Waals surface area (Å²) in [4.78, 5) is 29.0. The maximum atomic E-state index is 13.6. The van der Waals surface area contributed by atoms with Crippen molar-refractivity contribution in [3.05, 3.63) is 70.6 Å². The van der Waals surface area contributed by atoms with Crippen LogP contribution in [0.25, 0.3) is 11.0 Å². The van der Waals surface area contributed by atoms with Crippen LogP contribution in [0.1, 0.15) is 63.4 Å². The topological polar surface area (TPSA) is 245 Å². The van der Waals surface area contributed by atoms with Gasteiger partial charge in [-0.3, -0.25) is 9.59 Å². The van der Waals surface area contributed by atoms with Crippen molar-refractivity contribution in [3.63, 3.8) is 0 Å². The zero-order valence-electron chi connectivity index (χ0n) is 46.3. The molecule has 0 aliphatic rings. The number of hydrogen-bond donors (Lipinski definition) is 2. The van der Waals surface area contributed by atoms with Crippen LogP contribution in [-0.2, 0) is 85.9 Å². The van der Waals surface area contributed by atoms with Crippen LogP contribution < -0.4 is 20.5 Å². The summed E-state index contributed by atoms with van der Waals surface area (Å²) < 4.78 is 132. The molecule has 450 valence electrons. The molecular formula is C54H80F4N6O16. The number of esters is 1. The number of carbonyl (C=O) groups excluding carboxylic acids is 2. The van der Waals surface area contributed by atoms with Crippen molar-refractivity contribution < 1.29 is 93.5 Å². The molecule has 1 amide bonds. The van der Waals surface area contributed by atoms with Gasteiger partial charge < -0.3 is 81.9 Å². The molecule has 0 atom stereocenters. The minimum atomic E-state index is -1.80. The molecule has 0 fully saturated rings. The van der Waals surface area contributed by atoms with Crippen molar-refractivity contribution in [3.8, 4) is 11.6 Å². The van der Waals surface area contributed by atoms with E-state index in [1.54, 1.807) is 0 Å². The Morgan fingerprint density at radius 2 is 0.975 bits per heavy atom. The predicted molar refractivity (Wildman–Crippen MR) is 282 cm³/mol. The highest BCUT2D eigenvalue weighted by Gasteiger charge is 2.24. The molecule has 0 aliphatic carbocycles. The fraction of sp³-hybridized carbons (Fsp3) is 0.648. The number of nitrogens with two attached hydrogens (primary N) is 1. The van der Waals surface area contributed by atoms with Crippen LogP contribution >= 0.6 is 0 Å². The van der Waals surface area contributed by atoms with Gasteiger partial charge in [0.25, 0.3) is 5.88 Å². The highest BCUT2D eigenvalue weighted by atomic mass is 19.2. The first-order chi connectivity index (χ1) is 39.0. The van der Waals surface area contributed by atoms with Crippen LogP contribution in [0, 0.1) is 23.3 Å². The molecule has 0 unspecified atom stereocenters. The Bertz CT molecular complexity index is 2300. The van der Waals surface area contributed by atoms with Gasteiger partial charge in [0.2, 0.25) is 23.3 Å². The molecule has 80 heavy (non-hydrogen) atoms. The van der Waals surface area contributed by atoms with E-state index in [1.165, 1.54) is 0 Å². The smallest absolute Gasteiger partial charge is 0.313 e. The molecule has 4 rings (SSSR count). The van der Waals surface area contributed by atoms with Crippen molar-refractivity contribution in [1.29, 1.82) is 0 Å². The number of hydrogen-bond acceptors (Lipinski definition) is 20. The van der Waals surface area contributed by atoms with E-state index in [9.17, 15) is 27.2 Å². The van der Waals surface area contributed by atoms with E-state index in [0.29, 0.717) is 163 Å². The number of rotatable bonds is 49. The van der Waals surface area contributed by atoms with Gasteiger partial charge in [-0.1, -0.05) is 37.6 Å². The zero-order chi connectivity index (χ0) is 57.4. The van der Waals surface area contributed by atoms with Crippen molar-refractivity contribution in [2.24, 2.45) is 0 Å². The maximum Gasteiger partial charge on any atom is 0.313 e. The van der Waals surface area contributed by atoms with Gasteiger partial charge in [0, 0.05) is 32.0 Å². The van der Waals surface area contributed by atoms with Crippen molar-refractivity contribution in [2.45, 2.75) is 72.1 Å². The molecule has 26 heteroatoms. The second-order valence-corrected chi connectivity index (χ2v) is 17.7. The SMILES string of the molecule is CCCCc1nc2c(N)nnc(OC(C)C)c2n1Cc1ccc(CNC(=O)CCOCCOCCOCCOCCOCCOCCOCCOCCOCCOCCOCCOCCC(=O)Oc2c(F)c(F)cc(F)c2F)cc1. The Labute approximate surface area is 464 Å². The number of imidazole rings is 1. The lowest BCUT2D eigenvalue weighted by Gasteiger charge is -2.14. The second-order valence-electron chi connectivity index (χ2n) is 17.7. The molecule has 22 nitrogen and oxygen atoms in total. The average molecular weight is 1150 g/mol. The highest BCUT2D eigenvalue weighted by molar-refractivity contribution is 5.88. The highest BCUT2D eigenvalue weighted by Crippen LogP contribution is 2.30. The van der Waals surface area contributed by atoms with Gasteiger partial charge in [-0.25, -0.2) is 13.8 Å². The zero-order valence-corrected chi connectivity index (χ0v) is 46.3. The van der Waals surface area contributed by atoms with Crippen molar-refractivity contribution in [2.75, 3.05) is 164 Å². The number of anilines is 1. The van der Waals surface area contributed by atoms with Crippen LogP contribution in [0.5, 0.6) is 11.6 Å². The maximum absolute atomic E-state index is 13.6. The number of aromatic nitrogens is 4. The largest absolute Gasteiger partial charge is 0.472 e. The molecule has 2 heterocycles. The number of nitrogens with one attached hydrogen (secondary N) is 1. The molecule has 0 saturated heterocycles. The first kappa shape index (κ1) is 67.3. The Hall–Kier alpha value is -5.23. The molecule has 4 aromatic rings. The van der Waals surface area contributed by atoms with Gasteiger partial charge >= 0.3 is 5.97 Å². The predicted octanol–water partition coefficient (Wildman–Crippen LogP) is 5.34. The number of ether oxygens (including phenoxy) is 14. The minimum Gasteiger partial charge on any atom is -0.472 e. The number of amides is 1. The number of benzene rings is 2. The fourth-order valence-electron chi connectivity index (χ4n) is 6.97. The molecular weight excluding hydrogens is 1060 g/mol. The van der Waals surface area contributed by atoms with Crippen molar-refractivity contribution >= 4 is 28.7 Å². The van der Waals surface area contributed by atoms with E-state index in [1.807, 2.05) is 38.1 Å². The summed E-state index contributed by atoms with van der Waals surface area (Å²) in [6.45, 7) is 15.6. The Morgan fingerprint density at radius 3 is 1.39 bits per heavy atom. The van der Waals surface area contributed by atoms with Gasteiger partial charge in [0.05, 0.1) is 171 Å². The number of nitrogens with zero attached hydrogens (tertiary/aromatic N) is 4. The average Bonchev–Trinajstić information content (AvgIpc) is 3.91. The normalized spacial score (nSPS) is 11.6. The number of fused-ring (bicyclic) bond motifs is 1. The lowest BCUT2D eigenvalue weighted by molar-refractivity contribution is -0.136. The molecule has 0 saturated carbocycles. The van der Waals surface area contributed by atoms with Crippen LogP contribution in [0.4, 0.5) is 23.4 Å². The molecule has 3 N–H and O–H groups in total. The third-order valence-corrected chi connectivity index (χ3v) is 11.0. The molecule has 2 aromatic carbocycles. The first-order valence-electron chi connectivity index (χ1n) is 27.0. The van der Waals surface area contributed by atoms with E-state index in [0.717, 1.165) is 41.7 Å². The monoisotopic (exact) mass is 1140 g/mol. The van der Waals surface area contributed by atoms with Gasteiger partial charge in [-0.2, -0.15) is 8.78 Å². The van der Waals surface area contributed by atoms with Gasteiger partial charge in [0.15, 0.2) is 17.5 Å². The van der Waals surface area contributed by atoms with E-state index in [-0.39, 0.29) is 50.1 Å². The molecule has 0 spiro atoms. The quantitative estimate of drug-likeness (QED) is 0.0186. The Morgan fingerprint density at radius 1 is 0.575 bits per heavy atom. The van der Waals surface area contributed by atoms with Crippen LogP contribution in [0.3, 0.4) is 0 Å². The summed E-state index contributed by atoms with van der Waals surface area (Å²) in [5.41, 5.74) is 9.57. The van der Waals surface area contributed by atoms with Gasteiger partial charge in [0.1, 0.15) is 16.9 Å². The van der Waals surface area contributed by atoms with Gasteiger partial charge in [-0.05, 0) is 31.4 Å². The number of unbranched alkanes of at least 4 members (excludes halogenated alkanes) is 1. The third-order valence-electron chi connectivity index (χ3n) is 11.0. The lowest BCUT2D eigenvalue weighted by Crippen LogP contribution is -2.24. The minimum absolute atomic E-state index is 0.0160. The van der Waals surface area contributed by atoms with Crippen LogP contribution in [0.15, 0.2) is 30.3 Å². The van der Waals surface area contributed by atoms with Crippen molar-refractivity contribution in [1.82, 2.24) is 25.1 Å². The molecule has 0 bridgehead atoms. The Kier molecular flexibility index (Phi) is 35.1. The second kappa shape index (κ2) is 41.7. The summed E-state index contributed by atoms with van der Waals surface area (Å²) in [7, 11) is 0. The molecule has 2 aromatic heterocycles. The van der Waals surface area contributed by atoms with E-state index in [2.05, 4.69) is 31.7 Å². The number of carbonyl (C=O) groups is 2. The first-order valence-corrected chi connectivity index (χ1v) is 27.0. The number of halogens is 4. The van der Waals surface area contributed by atoms with E-state index >= 15 is 0 Å². The summed E-state index contributed by atoms with van der Waals surface area (Å²) in [5.74, 6) is -8.02. The summed E-state index contributed by atoms with van der Waals surface area (Å²) in [5, 5.41) is 11.3. The number of nitrogen functional groups attached to an aromatic ring is 1. The van der Waals surface area contributed by atoms with Gasteiger partial charge in [-0.15, -0.1) is 10.2 Å².